The summed E-state index contributed by atoms with van der Waals surface area (Å²) in [5.41, 5.74) is 7.75. The van der Waals surface area contributed by atoms with E-state index in [2.05, 4.69) is 12.6 Å². The maximum atomic E-state index is 5.66. The van der Waals surface area contributed by atoms with Crippen LogP contribution in [0.25, 0.3) is 0 Å². The van der Waals surface area contributed by atoms with Crippen LogP contribution in [0.1, 0.15) is 18.9 Å². The summed E-state index contributed by atoms with van der Waals surface area (Å²) in [6.07, 6.45) is 1.97. The second-order valence-electron chi connectivity index (χ2n) is 3.75. The lowest BCUT2D eigenvalue weighted by Crippen LogP contribution is -2.03. The topological polar surface area (TPSA) is 35.2 Å². The van der Waals surface area contributed by atoms with E-state index in [1.165, 1.54) is 5.56 Å². The predicted molar refractivity (Wildman–Crippen MR) is 64.1 cm³/mol. The Hall–Kier alpha value is -1.28. The highest BCUT2D eigenvalue weighted by Crippen LogP contribution is 2.19. The number of para-hydroxylation sites is 1. The lowest BCUT2D eigenvalue weighted by molar-refractivity contribution is 0.348. The predicted octanol–water partition coefficient (Wildman–Crippen LogP) is 2.53. The molecule has 0 saturated carbocycles. The van der Waals surface area contributed by atoms with Crippen molar-refractivity contribution in [3.05, 3.63) is 42.0 Å². The molecule has 0 aliphatic rings. The van der Waals surface area contributed by atoms with Crippen molar-refractivity contribution in [1.82, 2.24) is 0 Å². The number of rotatable bonds is 6. The summed E-state index contributed by atoms with van der Waals surface area (Å²) in [4.78, 5) is 0. The molecule has 1 aromatic carbocycles. The second-order valence-corrected chi connectivity index (χ2v) is 3.75. The van der Waals surface area contributed by atoms with Gasteiger partial charge < -0.3 is 10.5 Å². The molecule has 0 radical (unpaired) electrons. The Morgan fingerprint density at radius 1 is 1.40 bits per heavy atom. The Morgan fingerprint density at radius 2 is 2.13 bits per heavy atom. The van der Waals surface area contributed by atoms with Crippen LogP contribution in [0.4, 0.5) is 0 Å². The summed E-state index contributed by atoms with van der Waals surface area (Å²) >= 11 is 0. The van der Waals surface area contributed by atoms with E-state index in [1.54, 1.807) is 0 Å². The minimum atomic E-state index is 0.583. The molecule has 0 aliphatic carbocycles. The Kier molecular flexibility index (Phi) is 4.91. The fourth-order valence-electron chi connectivity index (χ4n) is 1.34. The van der Waals surface area contributed by atoms with Crippen LogP contribution in [0.5, 0.6) is 5.75 Å². The van der Waals surface area contributed by atoms with Crippen molar-refractivity contribution in [1.29, 1.82) is 0 Å². The molecule has 1 rings (SSSR count). The number of benzene rings is 1. The third kappa shape index (κ3) is 4.17. The van der Waals surface area contributed by atoms with Gasteiger partial charge in [0, 0.05) is 0 Å². The molecule has 0 fully saturated rings. The molecule has 15 heavy (non-hydrogen) atoms. The van der Waals surface area contributed by atoms with Gasteiger partial charge in [-0.3, -0.25) is 0 Å². The first-order valence-corrected chi connectivity index (χ1v) is 5.29. The normalized spacial score (nSPS) is 10.0. The van der Waals surface area contributed by atoms with E-state index in [0.717, 1.165) is 30.7 Å². The Bertz CT molecular complexity index is 320. The highest BCUT2D eigenvalue weighted by atomic mass is 16.5. The zero-order valence-corrected chi connectivity index (χ0v) is 9.33. The minimum Gasteiger partial charge on any atom is -0.489 e. The number of nitrogens with two attached hydrogens (primary N) is 1. The SMILES string of the molecule is C=C(C)COc1ccccc1CCCN. The van der Waals surface area contributed by atoms with Crippen LogP contribution in [0.3, 0.4) is 0 Å². The van der Waals surface area contributed by atoms with Gasteiger partial charge in [-0.15, -0.1) is 0 Å². The van der Waals surface area contributed by atoms with Crippen LogP contribution in [-0.2, 0) is 6.42 Å². The molecular formula is C13H19NO. The van der Waals surface area contributed by atoms with Crippen LogP contribution in [0.2, 0.25) is 0 Å². The van der Waals surface area contributed by atoms with E-state index < -0.39 is 0 Å². The fourth-order valence-corrected chi connectivity index (χ4v) is 1.34. The van der Waals surface area contributed by atoms with Crippen molar-refractivity contribution >= 4 is 0 Å². The third-order valence-corrected chi connectivity index (χ3v) is 2.10. The zero-order chi connectivity index (χ0) is 11.1. The molecule has 0 aromatic heterocycles. The van der Waals surface area contributed by atoms with E-state index in [0.29, 0.717) is 6.61 Å². The average Bonchev–Trinajstić information content (AvgIpc) is 2.24. The molecule has 0 bridgehead atoms. The molecule has 0 atom stereocenters. The van der Waals surface area contributed by atoms with Gasteiger partial charge in [0.05, 0.1) is 0 Å². The quantitative estimate of drug-likeness (QED) is 0.724. The number of hydrogen-bond acceptors (Lipinski definition) is 2. The van der Waals surface area contributed by atoms with Crippen molar-refractivity contribution in [2.45, 2.75) is 19.8 Å². The molecule has 0 saturated heterocycles. The number of aryl methyl sites for hydroxylation is 1. The highest BCUT2D eigenvalue weighted by Gasteiger charge is 2.01. The summed E-state index contributed by atoms with van der Waals surface area (Å²) in [6.45, 7) is 7.08. The van der Waals surface area contributed by atoms with Gasteiger partial charge in [0.15, 0.2) is 0 Å². The minimum absolute atomic E-state index is 0.583. The van der Waals surface area contributed by atoms with Crippen molar-refractivity contribution in [3.8, 4) is 5.75 Å². The first kappa shape index (κ1) is 11.8. The van der Waals surface area contributed by atoms with Gasteiger partial charge in [-0.05, 0) is 43.5 Å². The smallest absolute Gasteiger partial charge is 0.122 e. The monoisotopic (exact) mass is 205 g/mol. The molecule has 0 unspecified atom stereocenters. The standard InChI is InChI=1S/C13H19NO/c1-11(2)10-15-13-8-4-3-6-12(13)7-5-9-14/h3-4,6,8H,1,5,7,9-10,14H2,2H3. The van der Waals surface area contributed by atoms with Crippen molar-refractivity contribution < 1.29 is 4.74 Å². The van der Waals surface area contributed by atoms with Crippen molar-refractivity contribution in [3.63, 3.8) is 0 Å². The maximum absolute atomic E-state index is 5.66. The van der Waals surface area contributed by atoms with E-state index in [-0.39, 0.29) is 0 Å². The highest BCUT2D eigenvalue weighted by molar-refractivity contribution is 5.33. The molecule has 1 aromatic rings. The summed E-state index contributed by atoms with van der Waals surface area (Å²) in [5, 5.41) is 0. The van der Waals surface area contributed by atoms with Gasteiger partial charge in [0.2, 0.25) is 0 Å². The van der Waals surface area contributed by atoms with E-state index >= 15 is 0 Å². The van der Waals surface area contributed by atoms with E-state index in [4.69, 9.17) is 10.5 Å². The van der Waals surface area contributed by atoms with Crippen molar-refractivity contribution in [2.24, 2.45) is 5.73 Å². The van der Waals surface area contributed by atoms with Crippen LogP contribution in [0, 0.1) is 0 Å². The lowest BCUT2D eigenvalue weighted by atomic mass is 10.1. The summed E-state index contributed by atoms with van der Waals surface area (Å²) < 4.78 is 5.66. The molecule has 2 heteroatoms. The fraction of sp³-hybridized carbons (Fsp3) is 0.385. The van der Waals surface area contributed by atoms with E-state index in [9.17, 15) is 0 Å². The van der Waals surface area contributed by atoms with Crippen LogP contribution in [0.15, 0.2) is 36.4 Å². The first-order chi connectivity index (χ1) is 7.24. The summed E-state index contributed by atoms with van der Waals surface area (Å²) in [6, 6.07) is 8.09. The molecule has 0 heterocycles. The van der Waals surface area contributed by atoms with Gasteiger partial charge in [-0.25, -0.2) is 0 Å². The number of ether oxygens (including phenoxy) is 1. The average molecular weight is 205 g/mol. The molecule has 82 valence electrons. The van der Waals surface area contributed by atoms with Crippen LogP contribution < -0.4 is 10.5 Å². The van der Waals surface area contributed by atoms with Gasteiger partial charge in [-0.2, -0.15) is 0 Å². The molecule has 0 aliphatic heterocycles. The third-order valence-electron chi connectivity index (χ3n) is 2.10. The zero-order valence-electron chi connectivity index (χ0n) is 9.33. The molecule has 2 N–H and O–H groups in total. The lowest BCUT2D eigenvalue weighted by Gasteiger charge is -2.10. The largest absolute Gasteiger partial charge is 0.489 e. The van der Waals surface area contributed by atoms with Gasteiger partial charge in [-0.1, -0.05) is 24.8 Å². The van der Waals surface area contributed by atoms with Crippen LogP contribution in [-0.4, -0.2) is 13.2 Å². The molecular weight excluding hydrogens is 186 g/mol. The summed E-state index contributed by atoms with van der Waals surface area (Å²) in [7, 11) is 0. The second kappa shape index (κ2) is 6.25. The molecule has 0 spiro atoms. The Labute approximate surface area is 91.7 Å². The van der Waals surface area contributed by atoms with E-state index in [1.807, 2.05) is 25.1 Å². The molecule has 0 amide bonds. The van der Waals surface area contributed by atoms with Gasteiger partial charge in [0.25, 0.3) is 0 Å². The van der Waals surface area contributed by atoms with Crippen molar-refractivity contribution in [2.75, 3.05) is 13.2 Å². The van der Waals surface area contributed by atoms with Gasteiger partial charge in [0.1, 0.15) is 12.4 Å². The Balaban J connectivity index is 2.63. The summed E-state index contributed by atoms with van der Waals surface area (Å²) in [5.74, 6) is 0.953. The number of hydrogen-bond donors (Lipinski definition) is 1. The Morgan fingerprint density at radius 3 is 2.80 bits per heavy atom. The molecule has 2 nitrogen and oxygen atoms in total. The van der Waals surface area contributed by atoms with Crippen LogP contribution >= 0.6 is 0 Å². The first-order valence-electron chi connectivity index (χ1n) is 5.29. The van der Waals surface area contributed by atoms with Gasteiger partial charge >= 0.3 is 0 Å². The maximum Gasteiger partial charge on any atom is 0.122 e.